The predicted octanol–water partition coefficient (Wildman–Crippen LogP) is 2.36. The summed E-state index contributed by atoms with van der Waals surface area (Å²) < 4.78 is 17.7. The Morgan fingerprint density at radius 3 is 2.70 bits per heavy atom. The summed E-state index contributed by atoms with van der Waals surface area (Å²) in [7, 11) is 1.64. The van der Waals surface area contributed by atoms with E-state index in [0.29, 0.717) is 25.9 Å². The predicted molar refractivity (Wildman–Crippen MR) is 96.3 cm³/mol. The van der Waals surface area contributed by atoms with Gasteiger partial charge in [-0.2, -0.15) is 0 Å². The summed E-state index contributed by atoms with van der Waals surface area (Å²) in [4.78, 5) is 25.9. The zero-order valence-corrected chi connectivity index (χ0v) is 15.6. The standard InChI is InChI=1S/C20H24N2O5/c1-3-13-18(23)22(19(24)21-13)11-8-12(9-11)27-17-15(25-2)5-4-14-16(17)20(6-7-20)10-26-14/h4-5,11-13H,3,6-10H2,1-2H3,(H,21,24)/t11?,12?,13-/m0/s1. The van der Waals surface area contributed by atoms with Gasteiger partial charge in [0, 0.05) is 29.9 Å². The van der Waals surface area contributed by atoms with E-state index >= 15 is 0 Å². The van der Waals surface area contributed by atoms with E-state index < -0.39 is 0 Å². The van der Waals surface area contributed by atoms with Crippen molar-refractivity contribution in [1.82, 2.24) is 10.2 Å². The number of methoxy groups -OCH3 is 1. The average molecular weight is 372 g/mol. The molecule has 7 heteroatoms. The summed E-state index contributed by atoms with van der Waals surface area (Å²) in [5.41, 5.74) is 1.22. The van der Waals surface area contributed by atoms with Gasteiger partial charge in [0.25, 0.3) is 5.91 Å². The maximum absolute atomic E-state index is 12.4. The molecule has 144 valence electrons. The van der Waals surface area contributed by atoms with Gasteiger partial charge in [-0.05, 0) is 31.4 Å². The molecule has 2 aliphatic heterocycles. The van der Waals surface area contributed by atoms with E-state index in [-0.39, 0.29) is 35.5 Å². The van der Waals surface area contributed by atoms with Crippen LogP contribution in [0.4, 0.5) is 4.79 Å². The van der Waals surface area contributed by atoms with Crippen molar-refractivity contribution in [2.45, 2.75) is 62.6 Å². The molecule has 0 unspecified atom stereocenters. The Labute approximate surface area is 157 Å². The minimum atomic E-state index is -0.387. The number of carbonyl (C=O) groups excluding carboxylic acids is 2. The molecule has 1 saturated heterocycles. The zero-order valence-electron chi connectivity index (χ0n) is 15.6. The highest BCUT2D eigenvalue weighted by Gasteiger charge is 2.54. The number of nitrogens with one attached hydrogen (secondary N) is 1. The lowest BCUT2D eigenvalue weighted by Gasteiger charge is -2.39. The molecule has 0 radical (unpaired) electrons. The third-order valence-electron chi connectivity index (χ3n) is 6.37. The number of nitrogens with zero attached hydrogens (tertiary/aromatic N) is 1. The van der Waals surface area contributed by atoms with Crippen molar-refractivity contribution in [2.24, 2.45) is 0 Å². The summed E-state index contributed by atoms with van der Waals surface area (Å²) >= 11 is 0. The number of fused-ring (bicyclic) bond motifs is 2. The lowest BCUT2D eigenvalue weighted by atomic mass is 9.87. The lowest BCUT2D eigenvalue weighted by Crippen LogP contribution is -2.52. The summed E-state index contributed by atoms with van der Waals surface area (Å²) in [6.45, 7) is 2.61. The molecule has 1 aromatic carbocycles. The van der Waals surface area contributed by atoms with Crippen LogP contribution in [0.25, 0.3) is 0 Å². The van der Waals surface area contributed by atoms with Crippen LogP contribution < -0.4 is 19.5 Å². The molecule has 2 heterocycles. The SMILES string of the molecule is CC[C@@H]1NC(=O)N(C2CC(Oc3c(OC)ccc4c3C3(CC3)CO4)C2)C1=O. The number of ether oxygens (including phenoxy) is 3. The maximum Gasteiger partial charge on any atom is 0.325 e. The van der Waals surface area contributed by atoms with E-state index in [4.69, 9.17) is 14.2 Å². The number of amides is 3. The highest BCUT2D eigenvalue weighted by Crippen LogP contribution is 2.60. The van der Waals surface area contributed by atoms with Crippen LogP contribution in [0.15, 0.2) is 12.1 Å². The molecule has 1 spiro atoms. The van der Waals surface area contributed by atoms with Gasteiger partial charge in [0.15, 0.2) is 11.5 Å². The first-order valence-electron chi connectivity index (χ1n) is 9.71. The summed E-state index contributed by atoms with van der Waals surface area (Å²) in [5.74, 6) is 2.26. The monoisotopic (exact) mass is 372 g/mol. The number of carbonyl (C=O) groups is 2. The van der Waals surface area contributed by atoms with E-state index in [1.807, 2.05) is 19.1 Å². The smallest absolute Gasteiger partial charge is 0.325 e. The van der Waals surface area contributed by atoms with Gasteiger partial charge in [-0.1, -0.05) is 6.92 Å². The molecular weight excluding hydrogens is 348 g/mol. The number of hydrogen-bond acceptors (Lipinski definition) is 5. The number of imide groups is 1. The quantitative estimate of drug-likeness (QED) is 0.803. The Morgan fingerprint density at radius 1 is 1.30 bits per heavy atom. The van der Waals surface area contributed by atoms with Gasteiger partial charge in [-0.3, -0.25) is 9.69 Å². The number of urea groups is 1. The fourth-order valence-electron chi connectivity index (χ4n) is 4.46. The van der Waals surface area contributed by atoms with Gasteiger partial charge < -0.3 is 19.5 Å². The summed E-state index contributed by atoms with van der Waals surface area (Å²) in [5, 5.41) is 2.75. The van der Waals surface area contributed by atoms with Gasteiger partial charge in [0.2, 0.25) is 0 Å². The Hall–Kier alpha value is -2.44. The first-order valence-corrected chi connectivity index (χ1v) is 9.71. The van der Waals surface area contributed by atoms with Crippen molar-refractivity contribution in [3.05, 3.63) is 17.7 Å². The normalized spacial score (nSPS) is 29.9. The fraction of sp³-hybridized carbons (Fsp3) is 0.600. The molecular formula is C20H24N2O5. The van der Waals surface area contributed by atoms with E-state index in [9.17, 15) is 9.59 Å². The maximum atomic E-state index is 12.4. The zero-order chi connectivity index (χ0) is 18.8. The Bertz CT molecular complexity index is 813. The Kier molecular flexibility index (Phi) is 3.58. The average Bonchev–Trinajstić information content (AvgIpc) is 3.24. The second-order valence-electron chi connectivity index (χ2n) is 8.02. The van der Waals surface area contributed by atoms with E-state index in [1.165, 1.54) is 4.90 Å². The van der Waals surface area contributed by atoms with Crippen LogP contribution in [0.2, 0.25) is 0 Å². The third kappa shape index (κ3) is 2.40. The second-order valence-corrected chi connectivity index (χ2v) is 8.02. The Balaban J connectivity index is 1.32. The molecule has 3 amide bonds. The molecule has 2 aliphatic carbocycles. The second kappa shape index (κ2) is 5.78. The van der Waals surface area contributed by atoms with Crippen molar-refractivity contribution < 1.29 is 23.8 Å². The fourth-order valence-corrected chi connectivity index (χ4v) is 4.46. The van der Waals surface area contributed by atoms with Crippen molar-refractivity contribution in [3.63, 3.8) is 0 Å². The van der Waals surface area contributed by atoms with Gasteiger partial charge in [0.1, 0.15) is 17.9 Å². The molecule has 0 aromatic heterocycles. The van der Waals surface area contributed by atoms with E-state index in [2.05, 4.69) is 5.32 Å². The summed E-state index contributed by atoms with van der Waals surface area (Å²) in [6, 6.07) is 3.08. The molecule has 3 fully saturated rings. The molecule has 1 atom stereocenters. The number of benzene rings is 1. The number of hydrogen-bond donors (Lipinski definition) is 1. The van der Waals surface area contributed by atoms with Gasteiger partial charge >= 0.3 is 6.03 Å². The van der Waals surface area contributed by atoms with Crippen molar-refractivity contribution in [1.29, 1.82) is 0 Å². The van der Waals surface area contributed by atoms with Crippen molar-refractivity contribution in [2.75, 3.05) is 13.7 Å². The summed E-state index contributed by atoms with van der Waals surface area (Å²) in [6.07, 6.45) is 4.10. The van der Waals surface area contributed by atoms with Gasteiger partial charge in [0.05, 0.1) is 13.7 Å². The van der Waals surface area contributed by atoms with Gasteiger partial charge in [-0.25, -0.2) is 4.79 Å². The molecule has 1 N–H and O–H groups in total. The molecule has 0 bridgehead atoms. The molecule has 27 heavy (non-hydrogen) atoms. The van der Waals surface area contributed by atoms with Crippen LogP contribution in [-0.4, -0.2) is 48.7 Å². The molecule has 4 aliphatic rings. The minimum Gasteiger partial charge on any atom is -0.493 e. The third-order valence-corrected chi connectivity index (χ3v) is 6.37. The lowest BCUT2D eigenvalue weighted by molar-refractivity contribution is -0.131. The molecule has 2 saturated carbocycles. The van der Waals surface area contributed by atoms with Crippen LogP contribution in [0.3, 0.4) is 0 Å². The highest BCUT2D eigenvalue weighted by atomic mass is 16.5. The van der Waals surface area contributed by atoms with Crippen LogP contribution >= 0.6 is 0 Å². The van der Waals surface area contributed by atoms with Crippen LogP contribution in [0.5, 0.6) is 17.2 Å². The first kappa shape index (κ1) is 16.7. The van der Waals surface area contributed by atoms with Crippen LogP contribution in [0.1, 0.15) is 44.6 Å². The van der Waals surface area contributed by atoms with Crippen LogP contribution in [-0.2, 0) is 10.2 Å². The first-order chi connectivity index (χ1) is 13.1. The van der Waals surface area contributed by atoms with Crippen molar-refractivity contribution in [3.8, 4) is 17.2 Å². The largest absolute Gasteiger partial charge is 0.493 e. The minimum absolute atomic E-state index is 0.0342. The molecule has 1 aromatic rings. The highest BCUT2D eigenvalue weighted by molar-refractivity contribution is 6.04. The van der Waals surface area contributed by atoms with Crippen molar-refractivity contribution >= 4 is 11.9 Å². The topological polar surface area (TPSA) is 77.1 Å². The molecule has 7 nitrogen and oxygen atoms in total. The molecule has 5 rings (SSSR count). The Morgan fingerprint density at radius 2 is 2.07 bits per heavy atom. The van der Waals surface area contributed by atoms with E-state index in [1.54, 1.807) is 7.11 Å². The van der Waals surface area contributed by atoms with Crippen LogP contribution in [0, 0.1) is 0 Å². The number of rotatable bonds is 5. The van der Waals surface area contributed by atoms with E-state index in [0.717, 1.165) is 35.7 Å². The van der Waals surface area contributed by atoms with Gasteiger partial charge in [-0.15, -0.1) is 0 Å².